The number of carbonyl (C=O) groups is 2. The molecule has 35 heavy (non-hydrogen) atoms. The van der Waals surface area contributed by atoms with Crippen LogP contribution in [0.1, 0.15) is 17.5 Å². The fourth-order valence-electron chi connectivity index (χ4n) is 4.71. The molecule has 5 rings (SSSR count). The minimum absolute atomic E-state index is 0.119. The van der Waals surface area contributed by atoms with Crippen molar-refractivity contribution in [3.8, 4) is 5.75 Å². The van der Waals surface area contributed by atoms with Crippen LogP contribution in [-0.2, 0) is 27.3 Å². The van der Waals surface area contributed by atoms with E-state index in [1.807, 2.05) is 42.5 Å². The van der Waals surface area contributed by atoms with Gasteiger partial charge in [0.15, 0.2) is 0 Å². The zero-order chi connectivity index (χ0) is 24.4. The van der Waals surface area contributed by atoms with Crippen LogP contribution in [0.15, 0.2) is 59.1 Å². The summed E-state index contributed by atoms with van der Waals surface area (Å²) in [6.45, 7) is 1.73. The molecule has 1 unspecified atom stereocenters. The number of methoxy groups -OCH3 is 1. The summed E-state index contributed by atoms with van der Waals surface area (Å²) in [5.74, 6) is 0.419. The number of fused-ring (bicyclic) bond motifs is 2. The van der Waals surface area contributed by atoms with Gasteiger partial charge in [-0.15, -0.1) is 0 Å². The Morgan fingerprint density at radius 2 is 2.00 bits per heavy atom. The maximum atomic E-state index is 13.9. The molecule has 7 nitrogen and oxygen atoms in total. The molecule has 8 heteroatoms. The van der Waals surface area contributed by atoms with Gasteiger partial charge in [-0.1, -0.05) is 46.3 Å². The van der Waals surface area contributed by atoms with Gasteiger partial charge in [0, 0.05) is 15.7 Å². The van der Waals surface area contributed by atoms with E-state index in [0.717, 1.165) is 37.8 Å². The van der Waals surface area contributed by atoms with Crippen molar-refractivity contribution in [1.29, 1.82) is 0 Å². The topological polar surface area (TPSA) is 79.9 Å². The summed E-state index contributed by atoms with van der Waals surface area (Å²) in [6, 6.07) is 17.6. The monoisotopic (exact) mass is 537 g/mol. The summed E-state index contributed by atoms with van der Waals surface area (Å²) >= 11 is 3.54. The first-order valence-corrected chi connectivity index (χ1v) is 12.6. The van der Waals surface area contributed by atoms with Gasteiger partial charge in [-0.3, -0.25) is 9.59 Å². The number of nitrogens with one attached hydrogen (secondary N) is 2. The summed E-state index contributed by atoms with van der Waals surface area (Å²) < 4.78 is 11.8. The van der Waals surface area contributed by atoms with E-state index in [-0.39, 0.29) is 24.4 Å². The molecule has 0 aliphatic carbocycles. The number of amides is 2. The lowest BCUT2D eigenvalue weighted by atomic mass is 10.0. The predicted molar refractivity (Wildman–Crippen MR) is 139 cm³/mol. The van der Waals surface area contributed by atoms with E-state index in [2.05, 4.69) is 38.7 Å². The lowest BCUT2D eigenvalue weighted by Gasteiger charge is -2.29. The van der Waals surface area contributed by atoms with Gasteiger partial charge in [-0.05, 0) is 53.4 Å². The normalized spacial score (nSPS) is 18.1. The van der Waals surface area contributed by atoms with Gasteiger partial charge in [0.1, 0.15) is 11.8 Å². The standard InChI is InChI=1S/C27H28BrN3O4/c1-34-25-11-7-18-12-19(28)8-9-21(18)22(25)14-31-24-5-3-2-4-17(24)6-10-23(27(31)33)30-26(32)13-29-20-15-35-16-20/h2-5,7-9,11-12,20,23,29H,6,10,13-16H2,1H3,(H,30,32). The third kappa shape index (κ3) is 5.05. The maximum Gasteiger partial charge on any atom is 0.249 e. The van der Waals surface area contributed by atoms with Gasteiger partial charge < -0.3 is 25.0 Å². The number of halogens is 1. The number of benzene rings is 3. The average Bonchev–Trinajstić information content (AvgIpc) is 2.95. The molecule has 0 saturated carbocycles. The number of anilines is 1. The summed E-state index contributed by atoms with van der Waals surface area (Å²) in [4.78, 5) is 28.3. The van der Waals surface area contributed by atoms with E-state index in [9.17, 15) is 9.59 Å². The highest BCUT2D eigenvalue weighted by molar-refractivity contribution is 9.10. The van der Waals surface area contributed by atoms with E-state index in [1.54, 1.807) is 12.0 Å². The highest BCUT2D eigenvalue weighted by atomic mass is 79.9. The zero-order valence-corrected chi connectivity index (χ0v) is 21.1. The van der Waals surface area contributed by atoms with Crippen LogP contribution in [0.2, 0.25) is 0 Å². The molecule has 1 fully saturated rings. The molecule has 0 aromatic heterocycles. The van der Waals surface area contributed by atoms with Gasteiger partial charge in [0.2, 0.25) is 11.8 Å². The predicted octanol–water partition coefficient (Wildman–Crippen LogP) is 3.56. The zero-order valence-electron chi connectivity index (χ0n) is 19.6. The van der Waals surface area contributed by atoms with E-state index in [1.165, 1.54) is 0 Å². The van der Waals surface area contributed by atoms with Crippen LogP contribution in [-0.4, -0.2) is 50.8 Å². The molecule has 2 aliphatic rings. The molecule has 2 amide bonds. The smallest absolute Gasteiger partial charge is 0.249 e. The Morgan fingerprint density at radius 1 is 1.17 bits per heavy atom. The number of hydrogen-bond donors (Lipinski definition) is 2. The molecule has 2 aliphatic heterocycles. The van der Waals surface area contributed by atoms with Crippen molar-refractivity contribution in [3.63, 3.8) is 0 Å². The first-order valence-electron chi connectivity index (χ1n) is 11.8. The number of nitrogens with zero attached hydrogens (tertiary/aromatic N) is 1. The summed E-state index contributed by atoms with van der Waals surface area (Å²) in [6.07, 6.45) is 1.25. The first-order chi connectivity index (χ1) is 17.0. The van der Waals surface area contributed by atoms with Crippen molar-refractivity contribution < 1.29 is 19.1 Å². The van der Waals surface area contributed by atoms with E-state index >= 15 is 0 Å². The van der Waals surface area contributed by atoms with Crippen molar-refractivity contribution in [2.45, 2.75) is 31.5 Å². The molecule has 2 heterocycles. The van der Waals surface area contributed by atoms with E-state index in [4.69, 9.17) is 9.47 Å². The van der Waals surface area contributed by atoms with Crippen molar-refractivity contribution in [1.82, 2.24) is 10.6 Å². The van der Waals surface area contributed by atoms with Crippen LogP contribution >= 0.6 is 15.9 Å². The van der Waals surface area contributed by atoms with E-state index in [0.29, 0.717) is 32.6 Å². The van der Waals surface area contributed by atoms with Crippen LogP contribution in [0.5, 0.6) is 5.75 Å². The molecule has 3 aromatic carbocycles. The largest absolute Gasteiger partial charge is 0.496 e. The Hall–Kier alpha value is -2.94. The molecule has 2 N–H and O–H groups in total. The van der Waals surface area contributed by atoms with Gasteiger partial charge in [-0.25, -0.2) is 0 Å². The highest BCUT2D eigenvalue weighted by Gasteiger charge is 2.32. The van der Waals surface area contributed by atoms with Crippen molar-refractivity contribution in [3.05, 3.63) is 70.2 Å². The summed E-state index contributed by atoms with van der Waals surface area (Å²) in [7, 11) is 1.64. The Morgan fingerprint density at radius 3 is 2.77 bits per heavy atom. The molecule has 3 aromatic rings. The molecular weight excluding hydrogens is 510 g/mol. The Balaban J connectivity index is 1.46. The Kier molecular flexibility index (Phi) is 7.04. The lowest BCUT2D eigenvalue weighted by molar-refractivity contribution is -0.127. The maximum absolute atomic E-state index is 13.9. The average molecular weight is 538 g/mol. The lowest BCUT2D eigenvalue weighted by Crippen LogP contribution is -2.53. The second-order valence-corrected chi connectivity index (χ2v) is 9.85. The second-order valence-electron chi connectivity index (χ2n) is 8.94. The van der Waals surface area contributed by atoms with Crippen molar-refractivity contribution >= 4 is 44.2 Å². The summed E-state index contributed by atoms with van der Waals surface area (Å²) in [5, 5.41) is 8.21. The molecule has 0 bridgehead atoms. The second kappa shape index (κ2) is 10.4. The summed E-state index contributed by atoms with van der Waals surface area (Å²) in [5.41, 5.74) is 2.89. The van der Waals surface area contributed by atoms with Crippen LogP contribution in [0, 0.1) is 0 Å². The third-order valence-corrected chi connectivity index (χ3v) is 7.15. The molecule has 1 atom stereocenters. The van der Waals surface area contributed by atoms with Crippen LogP contribution in [0.25, 0.3) is 10.8 Å². The minimum atomic E-state index is -0.607. The van der Waals surface area contributed by atoms with Crippen LogP contribution < -0.4 is 20.3 Å². The molecule has 0 radical (unpaired) electrons. The molecule has 182 valence electrons. The molecular formula is C27H28BrN3O4. The number of aryl methyl sites for hydroxylation is 1. The number of rotatable bonds is 7. The van der Waals surface area contributed by atoms with Gasteiger partial charge in [0.05, 0.1) is 39.5 Å². The van der Waals surface area contributed by atoms with Crippen LogP contribution in [0.4, 0.5) is 5.69 Å². The van der Waals surface area contributed by atoms with E-state index < -0.39 is 6.04 Å². The highest BCUT2D eigenvalue weighted by Crippen LogP contribution is 2.35. The van der Waals surface area contributed by atoms with Gasteiger partial charge >= 0.3 is 0 Å². The van der Waals surface area contributed by atoms with Crippen molar-refractivity contribution in [2.75, 3.05) is 31.8 Å². The van der Waals surface area contributed by atoms with Gasteiger partial charge in [-0.2, -0.15) is 0 Å². The quantitative estimate of drug-likeness (QED) is 0.481. The van der Waals surface area contributed by atoms with Crippen molar-refractivity contribution in [2.24, 2.45) is 0 Å². The SMILES string of the molecule is COc1ccc2cc(Br)ccc2c1CN1C(=O)C(NC(=O)CNC2COC2)CCc2ccccc21. The number of hydrogen-bond acceptors (Lipinski definition) is 5. The van der Waals surface area contributed by atoms with Gasteiger partial charge in [0.25, 0.3) is 0 Å². The number of para-hydroxylation sites is 1. The third-order valence-electron chi connectivity index (χ3n) is 6.66. The minimum Gasteiger partial charge on any atom is -0.496 e. The number of ether oxygens (including phenoxy) is 2. The fourth-order valence-corrected chi connectivity index (χ4v) is 5.08. The van der Waals surface area contributed by atoms with Crippen LogP contribution in [0.3, 0.4) is 0 Å². The number of carbonyl (C=O) groups excluding carboxylic acids is 2. The fraction of sp³-hybridized carbons (Fsp3) is 0.333. The Labute approximate surface area is 212 Å². The molecule has 0 spiro atoms. The first kappa shape index (κ1) is 23.8. The molecule has 1 saturated heterocycles. The Bertz CT molecular complexity index is 1260.